The first-order chi connectivity index (χ1) is 16.0. The minimum absolute atomic E-state index is 0.0413. The average Bonchev–Trinajstić information content (AvgIpc) is 3.49. The number of carbonyl (C=O) groups excluding carboxylic acids is 1. The molecular formula is C24H23N3O6. The zero-order chi connectivity index (χ0) is 23.4. The second-order valence-corrected chi connectivity index (χ2v) is 7.64. The molecule has 0 aliphatic heterocycles. The lowest BCUT2D eigenvalue weighted by Crippen LogP contribution is -2.17. The lowest BCUT2D eigenvalue weighted by Gasteiger charge is -2.11. The predicted octanol–water partition coefficient (Wildman–Crippen LogP) is 3.10. The van der Waals surface area contributed by atoms with Gasteiger partial charge in [-0.1, -0.05) is 64.9 Å². The summed E-state index contributed by atoms with van der Waals surface area (Å²) < 4.78 is 10.8. The fourth-order valence-electron chi connectivity index (χ4n) is 3.37. The van der Waals surface area contributed by atoms with Crippen molar-refractivity contribution in [1.82, 2.24) is 15.3 Å². The molecule has 9 nitrogen and oxygen atoms in total. The third kappa shape index (κ3) is 4.90. The first kappa shape index (κ1) is 22.5. The maximum absolute atomic E-state index is 12.1. The number of benzene rings is 2. The van der Waals surface area contributed by atoms with Crippen molar-refractivity contribution in [3.8, 4) is 34.3 Å². The molecule has 0 aliphatic carbocycles. The Morgan fingerprint density at radius 2 is 1.70 bits per heavy atom. The number of rotatable bonds is 9. The molecule has 2 heterocycles. The minimum atomic E-state index is -1.32. The molecule has 33 heavy (non-hydrogen) atoms. The van der Waals surface area contributed by atoms with Crippen molar-refractivity contribution in [2.45, 2.75) is 32.0 Å². The standard InChI is InChI=1S/C24H23N3O6/c1-14-20(15-5-3-2-4-6-15)26-32-22(14)24-25-23(27-33-24)17-9-7-16(8-10-17)21(31)19(30)12-11-18(29)13-28/h2-10,18,21,28-29,31H,11-13H2,1H3. The highest BCUT2D eigenvalue weighted by Crippen LogP contribution is 2.31. The van der Waals surface area contributed by atoms with Crippen molar-refractivity contribution < 1.29 is 29.2 Å². The van der Waals surface area contributed by atoms with E-state index >= 15 is 0 Å². The van der Waals surface area contributed by atoms with E-state index in [2.05, 4.69) is 15.3 Å². The number of Topliss-reactive ketones (excluding diaryl/α,β-unsaturated/α-hetero) is 1. The van der Waals surface area contributed by atoms with E-state index in [4.69, 9.17) is 14.2 Å². The smallest absolute Gasteiger partial charge is 0.297 e. The third-order valence-corrected chi connectivity index (χ3v) is 5.32. The van der Waals surface area contributed by atoms with Gasteiger partial charge in [0.1, 0.15) is 11.8 Å². The van der Waals surface area contributed by atoms with Crippen LogP contribution in [0.3, 0.4) is 0 Å². The molecule has 4 aromatic rings. The topological polar surface area (TPSA) is 143 Å². The van der Waals surface area contributed by atoms with Crippen LogP contribution in [0.5, 0.6) is 0 Å². The van der Waals surface area contributed by atoms with Crippen molar-refractivity contribution in [1.29, 1.82) is 0 Å². The number of hydrogen-bond acceptors (Lipinski definition) is 9. The van der Waals surface area contributed by atoms with Crippen LogP contribution in [0.25, 0.3) is 34.3 Å². The van der Waals surface area contributed by atoms with Crippen LogP contribution in [0, 0.1) is 6.92 Å². The Morgan fingerprint density at radius 3 is 2.39 bits per heavy atom. The van der Waals surface area contributed by atoms with Gasteiger partial charge in [-0.2, -0.15) is 4.98 Å². The zero-order valence-corrected chi connectivity index (χ0v) is 17.9. The second kappa shape index (κ2) is 9.86. The van der Waals surface area contributed by atoms with Crippen molar-refractivity contribution in [2.24, 2.45) is 0 Å². The Balaban J connectivity index is 1.48. The number of aliphatic hydroxyl groups excluding tert-OH is 3. The Hall–Kier alpha value is -3.66. The van der Waals surface area contributed by atoms with Gasteiger partial charge in [-0.25, -0.2) is 0 Å². The lowest BCUT2D eigenvalue weighted by molar-refractivity contribution is -0.128. The van der Waals surface area contributed by atoms with E-state index in [0.717, 1.165) is 11.1 Å². The Labute approximate surface area is 189 Å². The molecule has 0 amide bonds. The van der Waals surface area contributed by atoms with E-state index in [1.807, 2.05) is 37.3 Å². The van der Waals surface area contributed by atoms with Gasteiger partial charge >= 0.3 is 0 Å². The molecule has 0 radical (unpaired) electrons. The summed E-state index contributed by atoms with van der Waals surface area (Å²) >= 11 is 0. The Kier molecular flexibility index (Phi) is 6.74. The van der Waals surface area contributed by atoms with Gasteiger partial charge < -0.3 is 24.4 Å². The van der Waals surface area contributed by atoms with Gasteiger partial charge in [-0.15, -0.1) is 0 Å². The molecule has 0 bridgehead atoms. The monoisotopic (exact) mass is 449 g/mol. The van der Waals surface area contributed by atoms with Crippen LogP contribution in [-0.4, -0.2) is 49.1 Å². The number of nitrogens with zero attached hydrogens (tertiary/aromatic N) is 3. The van der Waals surface area contributed by atoms with E-state index in [-0.39, 0.29) is 18.7 Å². The number of aromatic nitrogens is 3. The predicted molar refractivity (Wildman–Crippen MR) is 118 cm³/mol. The first-order valence-corrected chi connectivity index (χ1v) is 10.4. The third-order valence-electron chi connectivity index (χ3n) is 5.32. The summed E-state index contributed by atoms with van der Waals surface area (Å²) in [5.41, 5.74) is 3.42. The molecule has 0 spiro atoms. The van der Waals surface area contributed by atoms with Crippen LogP contribution < -0.4 is 0 Å². The molecule has 2 atom stereocenters. The van der Waals surface area contributed by atoms with Crippen LogP contribution in [0.2, 0.25) is 0 Å². The molecule has 2 unspecified atom stereocenters. The fourth-order valence-corrected chi connectivity index (χ4v) is 3.37. The quantitative estimate of drug-likeness (QED) is 0.351. The Bertz CT molecular complexity index is 1220. The summed E-state index contributed by atoms with van der Waals surface area (Å²) in [4.78, 5) is 16.5. The van der Waals surface area contributed by atoms with Crippen molar-refractivity contribution >= 4 is 5.78 Å². The number of carbonyl (C=O) groups is 1. The average molecular weight is 449 g/mol. The zero-order valence-electron chi connectivity index (χ0n) is 17.9. The van der Waals surface area contributed by atoms with Gasteiger partial charge in [0.15, 0.2) is 5.78 Å². The van der Waals surface area contributed by atoms with Crippen molar-refractivity contribution in [3.05, 3.63) is 65.7 Å². The maximum atomic E-state index is 12.1. The van der Waals surface area contributed by atoms with E-state index in [0.29, 0.717) is 28.4 Å². The summed E-state index contributed by atoms with van der Waals surface area (Å²) in [5, 5.41) is 36.6. The SMILES string of the molecule is Cc1c(-c2ccccc2)noc1-c1nc(-c2ccc(C(O)C(=O)CCC(O)CO)cc2)no1. The largest absolute Gasteiger partial charge is 0.394 e. The fraction of sp³-hybridized carbons (Fsp3) is 0.250. The van der Waals surface area contributed by atoms with Gasteiger partial charge in [-0.05, 0) is 18.9 Å². The highest BCUT2D eigenvalue weighted by atomic mass is 16.5. The van der Waals surface area contributed by atoms with E-state index in [1.165, 1.54) is 0 Å². The summed E-state index contributed by atoms with van der Waals surface area (Å²) in [6, 6.07) is 16.2. The molecule has 0 saturated heterocycles. The second-order valence-electron chi connectivity index (χ2n) is 7.64. The van der Waals surface area contributed by atoms with Crippen molar-refractivity contribution in [3.63, 3.8) is 0 Å². The summed E-state index contributed by atoms with van der Waals surface area (Å²) in [6.45, 7) is 1.44. The van der Waals surface area contributed by atoms with Gasteiger partial charge in [-0.3, -0.25) is 4.79 Å². The molecule has 2 aromatic heterocycles. The maximum Gasteiger partial charge on any atom is 0.297 e. The van der Waals surface area contributed by atoms with Crippen LogP contribution in [0.4, 0.5) is 0 Å². The molecule has 0 fully saturated rings. The first-order valence-electron chi connectivity index (χ1n) is 10.4. The van der Waals surface area contributed by atoms with E-state index in [9.17, 15) is 15.0 Å². The summed E-state index contributed by atoms with van der Waals surface area (Å²) in [6.07, 6.45) is -2.25. The number of aliphatic hydroxyl groups is 3. The molecule has 4 rings (SSSR count). The molecular weight excluding hydrogens is 426 g/mol. The highest BCUT2D eigenvalue weighted by Gasteiger charge is 2.22. The van der Waals surface area contributed by atoms with E-state index in [1.54, 1.807) is 24.3 Å². The van der Waals surface area contributed by atoms with Gasteiger partial charge in [0, 0.05) is 23.1 Å². The summed E-state index contributed by atoms with van der Waals surface area (Å²) in [7, 11) is 0. The van der Waals surface area contributed by atoms with Gasteiger partial charge in [0.05, 0.1) is 12.7 Å². The summed E-state index contributed by atoms with van der Waals surface area (Å²) in [5.74, 6) is 0.460. The molecule has 0 saturated carbocycles. The van der Waals surface area contributed by atoms with Crippen molar-refractivity contribution in [2.75, 3.05) is 6.61 Å². The van der Waals surface area contributed by atoms with Gasteiger partial charge in [0.2, 0.25) is 11.6 Å². The normalized spacial score (nSPS) is 13.1. The highest BCUT2D eigenvalue weighted by molar-refractivity contribution is 5.84. The molecule has 9 heteroatoms. The van der Waals surface area contributed by atoms with E-state index < -0.39 is 24.6 Å². The number of ketones is 1. The van der Waals surface area contributed by atoms with Crippen LogP contribution in [0.15, 0.2) is 63.6 Å². The van der Waals surface area contributed by atoms with Crippen LogP contribution >= 0.6 is 0 Å². The molecule has 3 N–H and O–H groups in total. The molecule has 0 aliphatic rings. The number of hydrogen-bond donors (Lipinski definition) is 3. The van der Waals surface area contributed by atoms with Gasteiger partial charge in [0.25, 0.3) is 5.89 Å². The lowest BCUT2D eigenvalue weighted by atomic mass is 10.00. The molecule has 170 valence electrons. The Morgan fingerprint density at radius 1 is 0.970 bits per heavy atom. The molecule has 2 aromatic carbocycles. The van der Waals surface area contributed by atoms with Crippen LogP contribution in [-0.2, 0) is 4.79 Å². The van der Waals surface area contributed by atoms with Crippen LogP contribution in [0.1, 0.15) is 30.1 Å². The minimum Gasteiger partial charge on any atom is -0.394 e.